The maximum absolute atomic E-state index is 9.34. The van der Waals surface area contributed by atoms with Gasteiger partial charge in [0.05, 0.1) is 18.8 Å². The molecule has 3 nitrogen and oxygen atoms in total. The second kappa shape index (κ2) is 6.72. The van der Waals surface area contributed by atoms with Gasteiger partial charge < -0.3 is 9.84 Å². The molecular weight excluding hydrogens is 214 g/mol. The van der Waals surface area contributed by atoms with Gasteiger partial charge in [0, 0.05) is 18.6 Å². The van der Waals surface area contributed by atoms with Crippen LogP contribution in [0.4, 0.5) is 0 Å². The minimum absolute atomic E-state index is 0.0657. The number of aliphatic hydroxyl groups excluding tert-OH is 1. The van der Waals surface area contributed by atoms with Crippen molar-refractivity contribution in [2.45, 2.75) is 71.1 Å². The van der Waals surface area contributed by atoms with Crippen LogP contribution < -0.4 is 0 Å². The van der Waals surface area contributed by atoms with Gasteiger partial charge in [-0.1, -0.05) is 12.8 Å². The predicted octanol–water partition coefficient (Wildman–Crippen LogP) is 2.43. The van der Waals surface area contributed by atoms with E-state index in [9.17, 15) is 5.11 Å². The molecule has 1 atom stereocenters. The number of aliphatic hydroxyl groups is 1. The predicted molar refractivity (Wildman–Crippen MR) is 71.2 cm³/mol. The minimum Gasteiger partial charge on any atom is -0.395 e. The van der Waals surface area contributed by atoms with Gasteiger partial charge in [0.15, 0.2) is 0 Å². The minimum atomic E-state index is -0.0657. The molecule has 0 aromatic rings. The highest BCUT2D eigenvalue weighted by Gasteiger charge is 2.26. The first-order chi connectivity index (χ1) is 7.94. The van der Waals surface area contributed by atoms with Gasteiger partial charge in [0.1, 0.15) is 0 Å². The van der Waals surface area contributed by atoms with Crippen LogP contribution in [0.2, 0.25) is 0 Å². The van der Waals surface area contributed by atoms with E-state index in [0.717, 1.165) is 13.2 Å². The molecule has 1 aliphatic rings. The molecule has 1 rings (SSSR count). The van der Waals surface area contributed by atoms with Crippen LogP contribution in [0.5, 0.6) is 0 Å². The lowest BCUT2D eigenvalue weighted by Crippen LogP contribution is -2.44. The van der Waals surface area contributed by atoms with E-state index in [1.54, 1.807) is 0 Å². The molecule has 0 amide bonds. The Kier molecular flexibility index (Phi) is 5.90. The second-order valence-corrected chi connectivity index (χ2v) is 6.17. The van der Waals surface area contributed by atoms with Gasteiger partial charge in [-0.15, -0.1) is 0 Å². The van der Waals surface area contributed by atoms with Gasteiger partial charge in [-0.2, -0.15) is 0 Å². The molecule has 1 aliphatic carbocycles. The van der Waals surface area contributed by atoms with Gasteiger partial charge in [0.25, 0.3) is 0 Å². The number of hydrogen-bond donors (Lipinski definition) is 1. The summed E-state index contributed by atoms with van der Waals surface area (Å²) in [7, 11) is 0. The van der Waals surface area contributed by atoms with Crippen molar-refractivity contribution in [1.82, 2.24) is 4.90 Å². The second-order valence-electron chi connectivity index (χ2n) is 6.17. The lowest BCUT2D eigenvalue weighted by molar-refractivity contribution is -0.0265. The smallest absolute Gasteiger partial charge is 0.0600 e. The van der Waals surface area contributed by atoms with Gasteiger partial charge in [0.2, 0.25) is 0 Å². The average Bonchev–Trinajstić information content (AvgIpc) is 2.75. The summed E-state index contributed by atoms with van der Waals surface area (Å²) in [5.74, 6) is 0. The van der Waals surface area contributed by atoms with E-state index in [1.807, 2.05) is 0 Å². The van der Waals surface area contributed by atoms with Crippen LogP contribution in [-0.2, 0) is 4.74 Å². The summed E-state index contributed by atoms with van der Waals surface area (Å²) in [5.41, 5.74) is -0.0657. The third-order valence-corrected chi connectivity index (χ3v) is 3.51. The van der Waals surface area contributed by atoms with Crippen LogP contribution in [0.1, 0.15) is 53.4 Å². The summed E-state index contributed by atoms with van der Waals surface area (Å²) in [6.07, 6.45) is 5.22. The summed E-state index contributed by atoms with van der Waals surface area (Å²) in [6.45, 7) is 10.3. The summed E-state index contributed by atoms with van der Waals surface area (Å²) < 4.78 is 5.79. The first-order valence-corrected chi connectivity index (χ1v) is 6.94. The molecule has 0 spiro atoms. The van der Waals surface area contributed by atoms with Gasteiger partial charge in [-0.3, -0.25) is 4.90 Å². The van der Waals surface area contributed by atoms with E-state index in [4.69, 9.17) is 4.74 Å². The fourth-order valence-corrected chi connectivity index (χ4v) is 2.56. The molecule has 1 saturated carbocycles. The van der Waals surface area contributed by atoms with E-state index >= 15 is 0 Å². The first-order valence-electron chi connectivity index (χ1n) is 6.94. The van der Waals surface area contributed by atoms with Gasteiger partial charge >= 0.3 is 0 Å². The molecule has 3 heteroatoms. The van der Waals surface area contributed by atoms with Crippen molar-refractivity contribution in [2.75, 3.05) is 19.8 Å². The molecule has 17 heavy (non-hydrogen) atoms. The Labute approximate surface area is 106 Å². The largest absolute Gasteiger partial charge is 0.395 e. The zero-order chi connectivity index (χ0) is 12.9. The van der Waals surface area contributed by atoms with Crippen LogP contribution in [0, 0.1) is 0 Å². The fourth-order valence-electron chi connectivity index (χ4n) is 2.56. The van der Waals surface area contributed by atoms with E-state index in [-0.39, 0.29) is 18.2 Å². The first kappa shape index (κ1) is 14.9. The summed E-state index contributed by atoms with van der Waals surface area (Å²) >= 11 is 0. The van der Waals surface area contributed by atoms with Crippen molar-refractivity contribution in [2.24, 2.45) is 0 Å². The Hall–Kier alpha value is -0.120. The molecule has 1 fully saturated rings. The van der Waals surface area contributed by atoms with Gasteiger partial charge in [-0.25, -0.2) is 0 Å². The van der Waals surface area contributed by atoms with Crippen molar-refractivity contribution in [3.63, 3.8) is 0 Å². The maximum atomic E-state index is 9.34. The van der Waals surface area contributed by atoms with Crippen LogP contribution in [-0.4, -0.2) is 47.4 Å². The van der Waals surface area contributed by atoms with Crippen molar-refractivity contribution in [3.05, 3.63) is 0 Å². The highest BCUT2D eigenvalue weighted by Crippen LogP contribution is 2.25. The summed E-state index contributed by atoms with van der Waals surface area (Å²) in [5, 5.41) is 9.34. The zero-order valence-corrected chi connectivity index (χ0v) is 11.9. The Bertz CT molecular complexity index is 207. The topological polar surface area (TPSA) is 32.7 Å². The molecular formula is C14H29NO2. The Balaban J connectivity index is 2.40. The molecule has 1 N–H and O–H groups in total. The van der Waals surface area contributed by atoms with Crippen LogP contribution in [0.15, 0.2) is 0 Å². The number of ether oxygens (including phenoxy) is 1. The third kappa shape index (κ3) is 5.36. The molecule has 0 unspecified atom stereocenters. The molecule has 0 aromatic carbocycles. The Morgan fingerprint density at radius 1 is 1.29 bits per heavy atom. The highest BCUT2D eigenvalue weighted by molar-refractivity contribution is 4.81. The van der Waals surface area contributed by atoms with Crippen molar-refractivity contribution in [3.8, 4) is 0 Å². The Morgan fingerprint density at radius 2 is 1.88 bits per heavy atom. The number of rotatable bonds is 6. The van der Waals surface area contributed by atoms with E-state index in [0.29, 0.717) is 6.04 Å². The van der Waals surface area contributed by atoms with Crippen molar-refractivity contribution < 1.29 is 9.84 Å². The van der Waals surface area contributed by atoms with E-state index in [1.165, 1.54) is 25.7 Å². The molecule has 0 aliphatic heterocycles. The number of nitrogens with zero attached hydrogens (tertiary/aromatic N) is 1. The van der Waals surface area contributed by atoms with Crippen molar-refractivity contribution in [1.29, 1.82) is 0 Å². The lowest BCUT2D eigenvalue weighted by Gasteiger charge is -2.34. The normalized spacial score (nSPS) is 20.1. The SMILES string of the molecule is C[C@@H](CO)N(CCOC(C)(C)C)C1CCCC1. The molecule has 0 radical (unpaired) electrons. The molecule has 102 valence electrons. The maximum Gasteiger partial charge on any atom is 0.0600 e. The zero-order valence-electron chi connectivity index (χ0n) is 11.9. The highest BCUT2D eigenvalue weighted by atomic mass is 16.5. The summed E-state index contributed by atoms with van der Waals surface area (Å²) in [6, 6.07) is 0.905. The van der Waals surface area contributed by atoms with Crippen LogP contribution in [0.25, 0.3) is 0 Å². The average molecular weight is 243 g/mol. The molecule has 0 bridgehead atoms. The Morgan fingerprint density at radius 3 is 2.35 bits per heavy atom. The fraction of sp³-hybridized carbons (Fsp3) is 1.00. The monoisotopic (exact) mass is 243 g/mol. The molecule has 0 saturated heterocycles. The number of hydrogen-bond acceptors (Lipinski definition) is 3. The molecule has 0 heterocycles. The molecule has 0 aromatic heterocycles. The van der Waals surface area contributed by atoms with E-state index < -0.39 is 0 Å². The lowest BCUT2D eigenvalue weighted by atomic mass is 10.1. The van der Waals surface area contributed by atoms with Crippen LogP contribution in [0.3, 0.4) is 0 Å². The van der Waals surface area contributed by atoms with E-state index in [2.05, 4.69) is 32.6 Å². The van der Waals surface area contributed by atoms with Crippen LogP contribution >= 0.6 is 0 Å². The van der Waals surface area contributed by atoms with Crippen molar-refractivity contribution >= 4 is 0 Å². The summed E-state index contributed by atoms with van der Waals surface area (Å²) in [4.78, 5) is 2.43. The third-order valence-electron chi connectivity index (χ3n) is 3.51. The van der Waals surface area contributed by atoms with Gasteiger partial charge in [-0.05, 0) is 40.5 Å². The standard InChI is InChI=1S/C14H29NO2/c1-12(11-16)15(13-7-5-6-8-13)9-10-17-14(2,3)4/h12-13,16H,5-11H2,1-4H3/t12-/m0/s1. The quantitative estimate of drug-likeness (QED) is 0.777.